The molecule has 1 aromatic heterocycles. The minimum atomic E-state index is -2.84. The van der Waals surface area contributed by atoms with Crippen molar-refractivity contribution in [3.63, 3.8) is 0 Å². The van der Waals surface area contributed by atoms with Crippen molar-refractivity contribution < 1.29 is 8.42 Å². The van der Waals surface area contributed by atoms with Crippen LogP contribution in [0.25, 0.3) is 6.20 Å². The summed E-state index contributed by atoms with van der Waals surface area (Å²) in [7, 11) is -2.84. The zero-order valence-electron chi connectivity index (χ0n) is 9.39. The van der Waals surface area contributed by atoms with E-state index in [-0.39, 0.29) is 5.75 Å². The van der Waals surface area contributed by atoms with E-state index < -0.39 is 9.84 Å². The number of rotatable bonds is 7. The molecule has 1 heterocycles. The van der Waals surface area contributed by atoms with Gasteiger partial charge in [0.25, 0.3) is 0 Å². The van der Waals surface area contributed by atoms with Crippen LogP contribution in [0.4, 0.5) is 0 Å². The molecule has 0 unspecified atom stereocenters. The Morgan fingerprint density at radius 2 is 2.38 bits per heavy atom. The molecule has 0 amide bonds. The average Bonchev–Trinajstić information content (AvgIpc) is 2.63. The lowest BCUT2D eigenvalue weighted by molar-refractivity contribution is 0.594. The monoisotopic (exact) mass is 243 g/mol. The molecular formula is C10H17N3O2S. The normalized spacial score (nSPS) is 11.6. The maximum Gasteiger partial charge on any atom is 0.147 e. The van der Waals surface area contributed by atoms with E-state index in [9.17, 15) is 8.42 Å². The molecule has 0 aliphatic rings. The Hall–Kier alpha value is -1.14. The summed E-state index contributed by atoms with van der Waals surface area (Å²) < 4.78 is 23.3. The van der Waals surface area contributed by atoms with E-state index in [1.54, 1.807) is 17.1 Å². The number of sulfone groups is 1. The third-order valence-electron chi connectivity index (χ3n) is 2.04. The Kier molecular flexibility index (Phi) is 4.70. The Bertz CT molecular complexity index is 437. The molecule has 0 saturated carbocycles. The van der Waals surface area contributed by atoms with Crippen LogP contribution in [-0.4, -0.2) is 36.8 Å². The zero-order chi connectivity index (χ0) is 12.0. The molecule has 0 spiro atoms. The quantitative estimate of drug-likeness (QED) is 0.709. The first-order valence-corrected chi connectivity index (χ1v) is 7.11. The molecular weight excluding hydrogens is 226 g/mol. The average molecular weight is 243 g/mol. The van der Waals surface area contributed by atoms with Gasteiger partial charge in [-0.15, -0.1) is 0 Å². The van der Waals surface area contributed by atoms with E-state index in [0.717, 1.165) is 5.56 Å². The van der Waals surface area contributed by atoms with Gasteiger partial charge < -0.3 is 5.32 Å². The number of hydrogen-bond donors (Lipinski definition) is 1. The summed E-state index contributed by atoms with van der Waals surface area (Å²) in [5.41, 5.74) is 1.05. The van der Waals surface area contributed by atoms with Crippen molar-refractivity contribution in [2.24, 2.45) is 0 Å². The number of nitrogens with one attached hydrogen (secondary N) is 1. The highest BCUT2D eigenvalue weighted by molar-refractivity contribution is 7.90. The van der Waals surface area contributed by atoms with Gasteiger partial charge in [-0.1, -0.05) is 6.58 Å². The standard InChI is InChI=1S/C10H17N3O2S/c1-3-13-9-10(8-12-13)7-11-5-4-6-16(2,14)15/h3,8-9,11H,1,4-7H2,2H3. The van der Waals surface area contributed by atoms with Crippen LogP contribution in [-0.2, 0) is 16.4 Å². The smallest absolute Gasteiger partial charge is 0.147 e. The van der Waals surface area contributed by atoms with E-state index in [1.807, 2.05) is 6.20 Å². The lowest BCUT2D eigenvalue weighted by Crippen LogP contribution is -2.17. The van der Waals surface area contributed by atoms with Crippen molar-refractivity contribution in [1.82, 2.24) is 15.1 Å². The fourth-order valence-electron chi connectivity index (χ4n) is 1.26. The van der Waals surface area contributed by atoms with Crippen molar-refractivity contribution >= 4 is 16.0 Å². The van der Waals surface area contributed by atoms with Crippen LogP contribution in [0.15, 0.2) is 19.0 Å². The van der Waals surface area contributed by atoms with Crippen LogP contribution in [0.2, 0.25) is 0 Å². The zero-order valence-corrected chi connectivity index (χ0v) is 10.2. The van der Waals surface area contributed by atoms with Crippen LogP contribution in [0.3, 0.4) is 0 Å². The molecule has 1 aromatic rings. The molecule has 1 N–H and O–H groups in total. The number of aromatic nitrogens is 2. The number of nitrogens with zero attached hydrogens (tertiary/aromatic N) is 2. The Morgan fingerprint density at radius 3 is 2.94 bits per heavy atom. The predicted molar refractivity (Wildman–Crippen MR) is 64.6 cm³/mol. The summed E-state index contributed by atoms with van der Waals surface area (Å²) in [4.78, 5) is 0. The second-order valence-corrected chi connectivity index (χ2v) is 5.93. The SMILES string of the molecule is C=Cn1cc(CNCCCS(C)(=O)=O)cn1. The van der Waals surface area contributed by atoms with Crippen molar-refractivity contribution in [1.29, 1.82) is 0 Å². The van der Waals surface area contributed by atoms with Gasteiger partial charge in [0.1, 0.15) is 9.84 Å². The molecule has 0 aliphatic carbocycles. The topological polar surface area (TPSA) is 64.0 Å². The largest absolute Gasteiger partial charge is 0.313 e. The highest BCUT2D eigenvalue weighted by Gasteiger charge is 2.01. The Labute approximate surface area is 96.1 Å². The molecule has 0 radical (unpaired) electrons. The first kappa shape index (κ1) is 12.9. The van der Waals surface area contributed by atoms with Gasteiger partial charge >= 0.3 is 0 Å². The molecule has 90 valence electrons. The van der Waals surface area contributed by atoms with Gasteiger partial charge in [0, 0.05) is 30.8 Å². The molecule has 5 nitrogen and oxygen atoms in total. The first-order valence-electron chi connectivity index (χ1n) is 5.05. The maximum atomic E-state index is 10.9. The first-order chi connectivity index (χ1) is 7.51. The summed E-state index contributed by atoms with van der Waals surface area (Å²) in [6.45, 7) is 4.97. The fraction of sp³-hybridized carbons (Fsp3) is 0.500. The van der Waals surface area contributed by atoms with Crippen molar-refractivity contribution in [3.8, 4) is 0 Å². The minimum absolute atomic E-state index is 0.228. The summed E-state index contributed by atoms with van der Waals surface area (Å²) in [6, 6.07) is 0. The molecule has 1 rings (SSSR count). The van der Waals surface area contributed by atoms with Crippen molar-refractivity contribution in [2.45, 2.75) is 13.0 Å². The van der Waals surface area contributed by atoms with Crippen LogP contribution in [0.5, 0.6) is 0 Å². The third kappa shape index (κ3) is 5.09. The second-order valence-electron chi connectivity index (χ2n) is 3.67. The lowest BCUT2D eigenvalue weighted by atomic mass is 10.3. The highest BCUT2D eigenvalue weighted by atomic mass is 32.2. The van der Waals surface area contributed by atoms with Gasteiger partial charge in [-0.2, -0.15) is 5.10 Å². The maximum absolute atomic E-state index is 10.9. The van der Waals surface area contributed by atoms with Gasteiger partial charge in [-0.3, -0.25) is 0 Å². The molecule has 0 atom stereocenters. The van der Waals surface area contributed by atoms with Gasteiger partial charge in [-0.25, -0.2) is 13.1 Å². The van der Waals surface area contributed by atoms with E-state index >= 15 is 0 Å². The Balaban J connectivity index is 2.18. The van der Waals surface area contributed by atoms with E-state index in [4.69, 9.17) is 0 Å². The van der Waals surface area contributed by atoms with Crippen molar-refractivity contribution in [2.75, 3.05) is 18.6 Å². The predicted octanol–water partition coefficient (Wildman–Crippen LogP) is 0.508. The van der Waals surface area contributed by atoms with Gasteiger partial charge in [0.15, 0.2) is 0 Å². The highest BCUT2D eigenvalue weighted by Crippen LogP contribution is 1.97. The molecule has 16 heavy (non-hydrogen) atoms. The molecule has 0 bridgehead atoms. The Morgan fingerprint density at radius 1 is 1.62 bits per heavy atom. The molecule has 0 aromatic carbocycles. The van der Waals surface area contributed by atoms with E-state index in [1.165, 1.54) is 6.26 Å². The summed E-state index contributed by atoms with van der Waals surface area (Å²) >= 11 is 0. The molecule has 0 fully saturated rings. The van der Waals surface area contributed by atoms with Crippen LogP contribution in [0, 0.1) is 0 Å². The van der Waals surface area contributed by atoms with Gasteiger partial charge in [0.2, 0.25) is 0 Å². The fourth-order valence-corrected chi connectivity index (χ4v) is 1.93. The van der Waals surface area contributed by atoms with Crippen LogP contribution >= 0.6 is 0 Å². The number of hydrogen-bond acceptors (Lipinski definition) is 4. The summed E-state index contributed by atoms with van der Waals surface area (Å²) in [5, 5.41) is 7.20. The molecule has 0 saturated heterocycles. The van der Waals surface area contributed by atoms with Crippen LogP contribution in [0.1, 0.15) is 12.0 Å². The second kappa shape index (κ2) is 5.81. The minimum Gasteiger partial charge on any atom is -0.313 e. The van der Waals surface area contributed by atoms with Crippen molar-refractivity contribution in [3.05, 3.63) is 24.5 Å². The van der Waals surface area contributed by atoms with Gasteiger partial charge in [0.05, 0.1) is 11.9 Å². The molecule has 0 aliphatic heterocycles. The lowest BCUT2D eigenvalue weighted by Gasteiger charge is -2.01. The van der Waals surface area contributed by atoms with E-state index in [2.05, 4.69) is 17.0 Å². The van der Waals surface area contributed by atoms with Crippen LogP contribution < -0.4 is 5.32 Å². The summed E-state index contributed by atoms with van der Waals surface area (Å²) in [6.07, 6.45) is 7.13. The molecule has 6 heteroatoms. The summed E-state index contributed by atoms with van der Waals surface area (Å²) in [5.74, 6) is 0.228. The third-order valence-corrected chi connectivity index (χ3v) is 3.07. The van der Waals surface area contributed by atoms with E-state index in [0.29, 0.717) is 19.5 Å². The van der Waals surface area contributed by atoms with Gasteiger partial charge in [-0.05, 0) is 13.0 Å².